The molecule has 0 aromatic heterocycles. The highest BCUT2D eigenvalue weighted by atomic mass is 31.2. The molecule has 0 bridgehead atoms. The fourth-order valence-corrected chi connectivity index (χ4v) is 10.5. The van der Waals surface area contributed by atoms with Crippen molar-refractivity contribution in [1.82, 2.24) is 4.90 Å². The lowest BCUT2D eigenvalue weighted by Crippen LogP contribution is -2.64. The maximum absolute atomic E-state index is 13.4. The highest BCUT2D eigenvalue weighted by Crippen LogP contribution is 2.57. The second kappa shape index (κ2) is 22.2. The Balaban J connectivity index is 0.973. The standard InChI is InChI=1S/C47H55N3O20P2/c1-2-3-4-5-6-9-20-64-37-23-27(12-17-34(37)68-72(61,62)70-43-40(53)38(51)42(39(52)41(43)54)69-71(58,59)60)26-65-46(57)49-29-14-16-33-36(25-29)66-35-24-28(48-45(56)50-18-21-63-22-19-50)13-15-32(35)47(33)31-11-8-7-10-30(31)44(55)67-47/h7-8,10-17,23-25,38-43,51-54H,2-6,9,18-22,26H2,1H3,(H,48,56)(H,49,57)(H,61,62)(H2,58,59,60)/t38-,39+,40-,41-,42?,43?,47?/m1/s1. The number of carbonyl (C=O) groups excluding carboxylic acids is 3. The average Bonchev–Trinajstić information content (AvgIpc) is 3.64. The lowest BCUT2D eigenvalue weighted by molar-refractivity contribution is -0.215. The highest BCUT2D eigenvalue weighted by Gasteiger charge is 2.55. The number of benzene rings is 4. The fourth-order valence-electron chi connectivity index (χ4n) is 8.89. The van der Waals surface area contributed by atoms with Gasteiger partial charge in [-0.2, -0.15) is 0 Å². The van der Waals surface area contributed by atoms with E-state index < -0.39 is 69.9 Å². The fraction of sp³-hybridized carbons (Fsp3) is 0.426. The van der Waals surface area contributed by atoms with Crippen LogP contribution in [0.1, 0.15) is 78.1 Å². The van der Waals surface area contributed by atoms with E-state index in [0.717, 1.165) is 32.1 Å². The second-order valence-corrected chi connectivity index (χ2v) is 19.9. The molecule has 2 fully saturated rings. The summed E-state index contributed by atoms with van der Waals surface area (Å²) in [5.74, 6) is -0.499. The van der Waals surface area contributed by atoms with Gasteiger partial charge in [0.1, 0.15) is 54.7 Å². The number of anilines is 2. The molecule has 9 N–H and O–H groups in total. The molecule has 1 saturated carbocycles. The zero-order chi connectivity index (χ0) is 51.4. The van der Waals surface area contributed by atoms with Crippen LogP contribution in [-0.2, 0) is 44.6 Å². The number of aliphatic hydroxyl groups excluding tert-OH is 4. The van der Waals surface area contributed by atoms with E-state index in [4.69, 9.17) is 42.5 Å². The van der Waals surface area contributed by atoms with E-state index in [2.05, 4.69) is 22.1 Å². The number of fused-ring (bicyclic) bond motifs is 6. The molecular weight excluding hydrogens is 988 g/mol. The molecule has 388 valence electrons. The van der Waals surface area contributed by atoms with Crippen LogP contribution >= 0.6 is 15.6 Å². The van der Waals surface area contributed by atoms with Gasteiger partial charge in [-0.25, -0.2) is 23.5 Å². The molecular formula is C47H55N3O20P2. The molecule has 3 heterocycles. The molecule has 25 heteroatoms. The number of amides is 3. The minimum atomic E-state index is -5.38. The van der Waals surface area contributed by atoms with Crippen LogP contribution in [0.4, 0.5) is 21.0 Å². The van der Waals surface area contributed by atoms with E-state index in [0.29, 0.717) is 66.2 Å². The lowest BCUT2D eigenvalue weighted by atomic mass is 9.77. The first-order valence-electron chi connectivity index (χ1n) is 23.2. The van der Waals surface area contributed by atoms with Crippen molar-refractivity contribution in [2.24, 2.45) is 0 Å². The Morgan fingerprint density at radius 2 is 1.35 bits per heavy atom. The number of phosphoric acid groups is 2. The van der Waals surface area contributed by atoms with Gasteiger partial charge in [0.15, 0.2) is 17.1 Å². The Kier molecular flexibility index (Phi) is 16.3. The molecule has 1 aliphatic carbocycles. The van der Waals surface area contributed by atoms with Crippen molar-refractivity contribution in [2.75, 3.05) is 43.5 Å². The van der Waals surface area contributed by atoms with E-state index in [9.17, 15) is 48.8 Å². The van der Waals surface area contributed by atoms with E-state index in [1.165, 1.54) is 24.3 Å². The molecule has 3 amide bonds. The smallest absolute Gasteiger partial charge is 0.490 e. The molecule has 4 aromatic carbocycles. The van der Waals surface area contributed by atoms with Crippen molar-refractivity contribution in [2.45, 2.75) is 94.3 Å². The molecule has 1 saturated heterocycles. The number of rotatable bonds is 18. The van der Waals surface area contributed by atoms with E-state index in [1.807, 2.05) is 0 Å². The van der Waals surface area contributed by atoms with Gasteiger partial charge in [0.05, 0.1) is 25.4 Å². The quantitative estimate of drug-likeness (QED) is 0.0342. The highest BCUT2D eigenvalue weighted by molar-refractivity contribution is 7.47. The van der Waals surface area contributed by atoms with Crippen molar-refractivity contribution in [3.63, 3.8) is 0 Å². The van der Waals surface area contributed by atoms with Gasteiger partial charge in [-0.1, -0.05) is 63.3 Å². The van der Waals surface area contributed by atoms with Gasteiger partial charge in [0.2, 0.25) is 0 Å². The molecule has 8 rings (SSSR count). The number of nitrogens with one attached hydrogen (secondary N) is 2. The predicted octanol–water partition coefficient (Wildman–Crippen LogP) is 5.41. The third-order valence-corrected chi connectivity index (χ3v) is 13.9. The number of ether oxygens (including phenoxy) is 5. The number of morpholine rings is 1. The number of hydrogen-bond donors (Lipinski definition) is 9. The van der Waals surface area contributed by atoms with Crippen LogP contribution < -0.4 is 24.6 Å². The summed E-state index contributed by atoms with van der Waals surface area (Å²) in [5, 5.41) is 47.6. The van der Waals surface area contributed by atoms with Crippen molar-refractivity contribution in [3.05, 3.63) is 107 Å². The first-order chi connectivity index (χ1) is 34.4. The summed E-state index contributed by atoms with van der Waals surface area (Å²) in [7, 11) is -10.7. The Morgan fingerprint density at radius 3 is 2.00 bits per heavy atom. The number of urea groups is 1. The van der Waals surface area contributed by atoms with Crippen molar-refractivity contribution < 1.29 is 95.9 Å². The van der Waals surface area contributed by atoms with Gasteiger partial charge in [0.25, 0.3) is 0 Å². The Hall–Kier alpha value is -5.65. The summed E-state index contributed by atoms with van der Waals surface area (Å²) < 4.78 is 68.9. The van der Waals surface area contributed by atoms with Crippen LogP contribution in [0, 0.1) is 0 Å². The van der Waals surface area contributed by atoms with Gasteiger partial charge in [-0.3, -0.25) is 19.3 Å². The summed E-state index contributed by atoms with van der Waals surface area (Å²) in [6.45, 7) is 3.54. The largest absolute Gasteiger partial charge is 0.528 e. The number of nitrogens with zero attached hydrogens (tertiary/aromatic N) is 1. The molecule has 4 aromatic rings. The third-order valence-electron chi connectivity index (χ3n) is 12.4. The van der Waals surface area contributed by atoms with Crippen LogP contribution in [0.5, 0.6) is 23.0 Å². The van der Waals surface area contributed by atoms with Crippen LogP contribution in [0.3, 0.4) is 0 Å². The number of unbranched alkanes of at least 4 members (excludes halogenated alkanes) is 5. The van der Waals surface area contributed by atoms with Crippen molar-refractivity contribution in [3.8, 4) is 23.0 Å². The molecule has 1 spiro atoms. The molecule has 0 radical (unpaired) electrons. The molecule has 4 aliphatic rings. The normalized spacial score (nSPS) is 24.2. The molecule has 8 atom stereocenters. The number of carbonyl (C=O) groups is 3. The average molecular weight is 1040 g/mol. The van der Waals surface area contributed by atoms with Crippen LogP contribution in [0.15, 0.2) is 78.9 Å². The minimum absolute atomic E-state index is 0.0955. The molecule has 4 unspecified atom stereocenters. The van der Waals surface area contributed by atoms with Gasteiger partial charge in [-0.15, -0.1) is 0 Å². The zero-order valence-electron chi connectivity index (χ0n) is 38.7. The number of aliphatic hydroxyl groups is 4. The van der Waals surface area contributed by atoms with Crippen LogP contribution in [-0.4, -0.2) is 128 Å². The van der Waals surface area contributed by atoms with Crippen LogP contribution in [0.2, 0.25) is 0 Å². The summed E-state index contributed by atoms with van der Waals surface area (Å²) >= 11 is 0. The van der Waals surface area contributed by atoms with E-state index in [-0.39, 0.29) is 47.9 Å². The first kappa shape index (κ1) is 52.7. The van der Waals surface area contributed by atoms with Crippen LogP contribution in [0.25, 0.3) is 0 Å². The van der Waals surface area contributed by atoms with Gasteiger partial charge in [0, 0.05) is 53.3 Å². The SMILES string of the molecule is CCCCCCCCOc1cc(COC(=O)Nc2ccc3c(c2)Oc2cc(NC(=O)N4CCOCC4)ccc2C32OC(=O)c3ccccc32)ccc1OP(=O)(O)OC1[C@H](O)[C@H](O)C(OP(=O)(O)O)[C@H](O)[C@H]1O. The number of esters is 1. The van der Waals surface area contributed by atoms with Gasteiger partial charge in [-0.05, 0) is 54.4 Å². The Morgan fingerprint density at radius 1 is 0.736 bits per heavy atom. The first-order valence-corrected chi connectivity index (χ1v) is 26.2. The van der Waals surface area contributed by atoms with E-state index >= 15 is 0 Å². The number of hydrogen-bond acceptors (Lipinski definition) is 17. The monoisotopic (exact) mass is 1040 g/mol. The summed E-state index contributed by atoms with van der Waals surface area (Å²) in [6, 6.07) is 20.4. The molecule has 72 heavy (non-hydrogen) atoms. The number of phosphoric ester groups is 2. The third kappa shape index (κ3) is 11.7. The van der Waals surface area contributed by atoms with Crippen molar-refractivity contribution >= 4 is 45.1 Å². The predicted molar refractivity (Wildman–Crippen MR) is 251 cm³/mol. The maximum Gasteiger partial charge on any atom is 0.528 e. The zero-order valence-corrected chi connectivity index (χ0v) is 40.5. The maximum atomic E-state index is 13.4. The minimum Gasteiger partial charge on any atom is -0.490 e. The second-order valence-electron chi connectivity index (χ2n) is 17.4. The summed E-state index contributed by atoms with van der Waals surface area (Å²) in [4.78, 5) is 70.6. The topological polar surface area (TPSA) is 328 Å². The Bertz CT molecular complexity index is 2720. The molecule has 23 nitrogen and oxygen atoms in total. The van der Waals surface area contributed by atoms with Gasteiger partial charge >= 0.3 is 33.7 Å². The Labute approximate surface area is 412 Å². The summed E-state index contributed by atoms with van der Waals surface area (Å²) in [6.07, 6.45) is -9.06. The summed E-state index contributed by atoms with van der Waals surface area (Å²) in [5.41, 5.74) is 1.44. The van der Waals surface area contributed by atoms with E-state index in [1.54, 1.807) is 59.5 Å². The van der Waals surface area contributed by atoms with Gasteiger partial charge < -0.3 is 68.6 Å². The molecule has 3 aliphatic heterocycles. The lowest BCUT2D eigenvalue weighted by Gasteiger charge is -2.43. The van der Waals surface area contributed by atoms with Crippen molar-refractivity contribution in [1.29, 1.82) is 0 Å².